The van der Waals surface area contributed by atoms with Crippen molar-refractivity contribution in [1.29, 1.82) is 5.26 Å². The van der Waals surface area contributed by atoms with Gasteiger partial charge >= 0.3 is 0 Å². The smallest absolute Gasteiger partial charge is 0.186 e. The zero-order valence-corrected chi connectivity index (χ0v) is 18.8. The fraction of sp³-hybridized carbons (Fsp3) is 0.440. The van der Waals surface area contributed by atoms with Crippen molar-refractivity contribution < 1.29 is 0 Å². The minimum Gasteiger partial charge on any atom is -0.345 e. The molecule has 1 aliphatic heterocycles. The highest BCUT2D eigenvalue weighted by Gasteiger charge is 2.26. The second-order valence-electron chi connectivity index (χ2n) is 8.18. The molecule has 0 N–H and O–H groups in total. The lowest BCUT2D eigenvalue weighted by molar-refractivity contribution is 0.174. The Morgan fingerprint density at radius 2 is 1.90 bits per heavy atom. The number of thiazole rings is 1. The first-order valence-electron chi connectivity index (χ1n) is 11.0. The zero-order valence-electron chi connectivity index (χ0n) is 18.0. The SMILES string of the molecule is CCCCCC(c1ccc(C#N)c(C)c1)N1CCN(c2nc3ccccc3s2)CC1. The maximum absolute atomic E-state index is 9.29. The van der Waals surface area contributed by atoms with E-state index < -0.39 is 0 Å². The Morgan fingerprint density at radius 3 is 2.60 bits per heavy atom. The minimum atomic E-state index is 0.431. The van der Waals surface area contributed by atoms with Gasteiger partial charge in [0.15, 0.2) is 5.13 Å². The molecule has 0 aliphatic carbocycles. The normalized spacial score (nSPS) is 16.0. The lowest BCUT2D eigenvalue weighted by atomic mass is 9.95. The van der Waals surface area contributed by atoms with Crippen LogP contribution in [0.25, 0.3) is 10.2 Å². The van der Waals surface area contributed by atoms with Crippen LogP contribution in [0.5, 0.6) is 0 Å². The summed E-state index contributed by atoms with van der Waals surface area (Å²) in [6.07, 6.45) is 4.94. The molecule has 1 aromatic heterocycles. The monoisotopic (exact) mass is 418 g/mol. The summed E-state index contributed by atoms with van der Waals surface area (Å²) in [7, 11) is 0. The van der Waals surface area contributed by atoms with Gasteiger partial charge in [0.2, 0.25) is 0 Å². The van der Waals surface area contributed by atoms with Gasteiger partial charge < -0.3 is 4.90 Å². The molecule has 2 aromatic carbocycles. The van der Waals surface area contributed by atoms with E-state index in [1.54, 1.807) is 11.3 Å². The Balaban J connectivity index is 1.48. The number of aryl methyl sites for hydroxylation is 1. The average molecular weight is 419 g/mol. The van der Waals surface area contributed by atoms with Crippen LogP contribution in [0, 0.1) is 18.3 Å². The highest BCUT2D eigenvalue weighted by Crippen LogP contribution is 2.32. The number of fused-ring (bicyclic) bond motifs is 1. The Labute approximate surface area is 183 Å². The summed E-state index contributed by atoms with van der Waals surface area (Å²) in [5.41, 5.74) is 4.33. The lowest BCUT2D eigenvalue weighted by Gasteiger charge is -2.39. The molecule has 2 heterocycles. The van der Waals surface area contributed by atoms with Crippen molar-refractivity contribution in [3.05, 3.63) is 59.2 Å². The summed E-state index contributed by atoms with van der Waals surface area (Å²) < 4.78 is 1.26. The van der Waals surface area contributed by atoms with Crippen molar-refractivity contribution in [3.8, 4) is 6.07 Å². The van der Waals surface area contributed by atoms with Crippen molar-refractivity contribution in [2.75, 3.05) is 31.1 Å². The molecule has 4 rings (SSSR count). The minimum absolute atomic E-state index is 0.431. The van der Waals surface area contributed by atoms with Gasteiger partial charge in [0.25, 0.3) is 0 Å². The predicted molar refractivity (Wildman–Crippen MR) is 126 cm³/mol. The zero-order chi connectivity index (χ0) is 20.9. The number of aromatic nitrogens is 1. The fourth-order valence-electron chi connectivity index (χ4n) is 4.39. The van der Waals surface area contributed by atoms with E-state index in [0.717, 1.165) is 48.0 Å². The first-order valence-corrected chi connectivity index (χ1v) is 11.9. The lowest BCUT2D eigenvalue weighted by Crippen LogP contribution is -2.47. The van der Waals surface area contributed by atoms with Crippen LogP contribution in [0.1, 0.15) is 55.3 Å². The number of unbranched alkanes of at least 4 members (excludes halogenated alkanes) is 2. The molecule has 30 heavy (non-hydrogen) atoms. The molecule has 156 valence electrons. The number of nitriles is 1. The van der Waals surface area contributed by atoms with Crippen LogP contribution in [0.15, 0.2) is 42.5 Å². The van der Waals surface area contributed by atoms with Crippen LogP contribution in [-0.2, 0) is 0 Å². The number of benzene rings is 2. The van der Waals surface area contributed by atoms with Crippen LogP contribution in [0.2, 0.25) is 0 Å². The third-order valence-electron chi connectivity index (χ3n) is 6.14. The van der Waals surface area contributed by atoms with E-state index in [9.17, 15) is 5.26 Å². The van der Waals surface area contributed by atoms with E-state index in [4.69, 9.17) is 4.98 Å². The molecule has 3 aromatic rings. The molecule has 1 fully saturated rings. The van der Waals surface area contributed by atoms with E-state index in [-0.39, 0.29) is 0 Å². The molecule has 0 bridgehead atoms. The van der Waals surface area contributed by atoms with Gasteiger partial charge in [0.05, 0.1) is 21.8 Å². The van der Waals surface area contributed by atoms with E-state index in [1.165, 1.54) is 35.9 Å². The Kier molecular flexibility index (Phi) is 6.66. The maximum atomic E-state index is 9.29. The maximum Gasteiger partial charge on any atom is 0.186 e. The van der Waals surface area contributed by atoms with Gasteiger partial charge in [-0.25, -0.2) is 4.98 Å². The number of anilines is 1. The van der Waals surface area contributed by atoms with Crippen LogP contribution in [0.3, 0.4) is 0 Å². The molecule has 1 saturated heterocycles. The molecule has 1 aliphatic rings. The summed E-state index contributed by atoms with van der Waals surface area (Å²) >= 11 is 1.80. The average Bonchev–Trinajstić information content (AvgIpc) is 3.21. The molecule has 5 heteroatoms. The first kappa shape index (κ1) is 20.8. The van der Waals surface area contributed by atoms with Crippen molar-refractivity contribution in [3.63, 3.8) is 0 Å². The molecule has 1 unspecified atom stereocenters. The van der Waals surface area contributed by atoms with Gasteiger partial charge in [0, 0.05) is 32.2 Å². The van der Waals surface area contributed by atoms with E-state index in [1.807, 2.05) is 6.07 Å². The number of rotatable bonds is 7. The van der Waals surface area contributed by atoms with Crippen LogP contribution < -0.4 is 4.90 Å². The van der Waals surface area contributed by atoms with Crippen LogP contribution in [-0.4, -0.2) is 36.1 Å². The largest absolute Gasteiger partial charge is 0.345 e. The summed E-state index contributed by atoms with van der Waals surface area (Å²) in [6.45, 7) is 8.43. The van der Waals surface area contributed by atoms with Crippen LogP contribution in [0.4, 0.5) is 5.13 Å². The molecule has 0 spiro atoms. The van der Waals surface area contributed by atoms with E-state index >= 15 is 0 Å². The first-order chi connectivity index (χ1) is 14.7. The predicted octanol–water partition coefficient (Wildman–Crippen LogP) is 5.92. The molecular formula is C25H30N4S. The quantitative estimate of drug-likeness (QED) is 0.447. The van der Waals surface area contributed by atoms with Crippen molar-refractivity contribution >= 4 is 26.7 Å². The molecule has 1 atom stereocenters. The fourth-order valence-corrected chi connectivity index (χ4v) is 5.40. The van der Waals surface area contributed by atoms with Gasteiger partial charge in [-0.1, -0.05) is 61.8 Å². The standard InChI is InChI=1S/C25H30N4S/c1-3-4-5-9-23(20-11-12-21(18-26)19(2)17-20)28-13-15-29(16-14-28)25-27-22-8-6-7-10-24(22)30-25/h6-8,10-12,17,23H,3-5,9,13-16H2,1-2H3. The number of para-hydroxylation sites is 1. The second kappa shape index (κ2) is 9.59. The molecule has 0 saturated carbocycles. The summed E-state index contributed by atoms with van der Waals surface area (Å²) in [5.74, 6) is 0. The Morgan fingerprint density at radius 1 is 1.10 bits per heavy atom. The second-order valence-corrected chi connectivity index (χ2v) is 9.19. The Hall–Kier alpha value is -2.42. The van der Waals surface area contributed by atoms with Gasteiger partial charge in [-0.2, -0.15) is 5.26 Å². The van der Waals surface area contributed by atoms with E-state index in [0.29, 0.717) is 6.04 Å². The van der Waals surface area contributed by atoms with Gasteiger partial charge in [0.1, 0.15) is 0 Å². The molecular weight excluding hydrogens is 388 g/mol. The molecule has 0 amide bonds. The summed E-state index contributed by atoms with van der Waals surface area (Å²) in [6, 6.07) is 17.5. The van der Waals surface area contributed by atoms with Crippen LogP contribution >= 0.6 is 11.3 Å². The van der Waals surface area contributed by atoms with Crippen molar-refractivity contribution in [2.45, 2.75) is 45.6 Å². The number of nitrogens with zero attached hydrogens (tertiary/aromatic N) is 4. The van der Waals surface area contributed by atoms with Crippen molar-refractivity contribution in [1.82, 2.24) is 9.88 Å². The molecule has 4 nitrogen and oxygen atoms in total. The number of hydrogen-bond donors (Lipinski definition) is 0. The van der Waals surface area contributed by atoms with Crippen molar-refractivity contribution in [2.24, 2.45) is 0 Å². The Bertz CT molecular complexity index is 994. The van der Waals surface area contributed by atoms with E-state index in [2.05, 4.69) is 66.1 Å². The number of hydrogen-bond acceptors (Lipinski definition) is 5. The van der Waals surface area contributed by atoms with Gasteiger partial charge in [-0.05, 0) is 42.7 Å². The van der Waals surface area contributed by atoms with Gasteiger partial charge in [-0.3, -0.25) is 4.90 Å². The highest BCUT2D eigenvalue weighted by atomic mass is 32.1. The summed E-state index contributed by atoms with van der Waals surface area (Å²) in [4.78, 5) is 9.93. The number of piperazine rings is 1. The molecule has 0 radical (unpaired) electrons. The summed E-state index contributed by atoms with van der Waals surface area (Å²) in [5, 5.41) is 10.4. The topological polar surface area (TPSA) is 43.2 Å². The van der Waals surface area contributed by atoms with Gasteiger partial charge in [-0.15, -0.1) is 0 Å². The highest BCUT2D eigenvalue weighted by molar-refractivity contribution is 7.22. The third-order valence-corrected chi connectivity index (χ3v) is 7.24. The third kappa shape index (κ3) is 4.50.